The molecule has 10 heteroatoms. The summed E-state index contributed by atoms with van der Waals surface area (Å²) in [5.74, 6) is 5.80. The van der Waals surface area contributed by atoms with Crippen LogP contribution in [-0.4, -0.2) is 21.7 Å². The Hall–Kier alpha value is -2.49. The summed E-state index contributed by atoms with van der Waals surface area (Å²) in [7, 11) is 0. The molecule has 0 saturated heterocycles. The third-order valence-electron chi connectivity index (χ3n) is 3.05. The van der Waals surface area contributed by atoms with Gasteiger partial charge in [-0.3, -0.25) is 5.01 Å². The van der Waals surface area contributed by atoms with Crippen LogP contribution < -0.4 is 21.3 Å². The van der Waals surface area contributed by atoms with Gasteiger partial charge in [0.15, 0.2) is 0 Å². The molecular weight excluding hydrogens is 356 g/mol. The molecule has 1 aromatic carbocycles. The number of nitrogens with zero attached hydrogens (tertiary/aromatic N) is 3. The van der Waals surface area contributed by atoms with Gasteiger partial charge in [0.2, 0.25) is 0 Å². The molecule has 0 unspecified atom stereocenters. The second kappa shape index (κ2) is 8.56. The van der Waals surface area contributed by atoms with E-state index in [-0.39, 0.29) is 41.2 Å². The summed E-state index contributed by atoms with van der Waals surface area (Å²) in [6.45, 7) is -0.242. The van der Waals surface area contributed by atoms with E-state index in [0.29, 0.717) is 5.56 Å². The second-order valence-electron chi connectivity index (χ2n) is 4.94. The van der Waals surface area contributed by atoms with Crippen molar-refractivity contribution < 1.29 is 18.6 Å². The van der Waals surface area contributed by atoms with Crippen LogP contribution in [0, 0.1) is 0 Å². The Labute approximate surface area is 147 Å². The fraction of sp³-hybridized carbons (Fsp3) is 0.200. The van der Waals surface area contributed by atoms with Crippen molar-refractivity contribution in [1.82, 2.24) is 9.97 Å². The zero-order valence-corrected chi connectivity index (χ0v) is 13.7. The molecule has 0 atom stereocenters. The maximum absolute atomic E-state index is 12.9. The Morgan fingerprint density at radius 3 is 2.64 bits per heavy atom. The number of hydrazine groups is 1. The van der Waals surface area contributed by atoms with Gasteiger partial charge in [0, 0.05) is 34.7 Å². The molecule has 25 heavy (non-hydrogen) atoms. The van der Waals surface area contributed by atoms with Gasteiger partial charge in [0.1, 0.15) is 6.61 Å². The number of ether oxygens (including phenoxy) is 1. The lowest BCUT2D eigenvalue weighted by atomic mass is 10.2. The third-order valence-corrected chi connectivity index (χ3v) is 3.39. The van der Waals surface area contributed by atoms with E-state index >= 15 is 0 Å². The van der Waals surface area contributed by atoms with Crippen LogP contribution in [0.1, 0.15) is 17.6 Å². The third kappa shape index (κ3) is 5.24. The summed E-state index contributed by atoms with van der Waals surface area (Å²) < 4.78 is 31.0. The van der Waals surface area contributed by atoms with Crippen LogP contribution in [0.5, 0.6) is 6.01 Å². The van der Waals surface area contributed by atoms with Gasteiger partial charge in [-0.1, -0.05) is 11.6 Å². The molecule has 0 radical (unpaired) electrons. The molecule has 0 aliphatic rings. The molecule has 1 heterocycles. The Morgan fingerprint density at radius 1 is 1.36 bits per heavy atom. The van der Waals surface area contributed by atoms with Gasteiger partial charge in [0.05, 0.1) is 18.0 Å². The van der Waals surface area contributed by atoms with Crippen LogP contribution >= 0.6 is 11.6 Å². The van der Waals surface area contributed by atoms with E-state index < -0.39 is 6.43 Å². The van der Waals surface area contributed by atoms with E-state index in [0.717, 1.165) is 5.01 Å². The summed E-state index contributed by atoms with van der Waals surface area (Å²) in [6.07, 6.45) is 1.43. The first-order valence-corrected chi connectivity index (χ1v) is 7.40. The molecule has 0 amide bonds. The van der Waals surface area contributed by atoms with Crippen molar-refractivity contribution in [3.63, 3.8) is 0 Å². The Balaban J connectivity index is 2.01. The summed E-state index contributed by atoms with van der Waals surface area (Å²) in [5, 5.41) is 9.93. The van der Waals surface area contributed by atoms with E-state index in [1.807, 2.05) is 0 Å². The zero-order valence-electron chi connectivity index (χ0n) is 12.9. The van der Waals surface area contributed by atoms with Crippen LogP contribution in [-0.2, 0) is 6.61 Å². The quantitative estimate of drug-likeness (QED) is 0.505. The molecule has 0 fully saturated rings. The monoisotopic (exact) mass is 371 g/mol. The van der Waals surface area contributed by atoms with E-state index in [4.69, 9.17) is 33.0 Å². The number of halogens is 3. The zero-order chi connectivity index (χ0) is 18.4. The first kappa shape index (κ1) is 18.8. The molecule has 0 bridgehead atoms. The smallest absolute Gasteiger partial charge is 0.316 e. The Bertz CT molecular complexity index is 743. The first-order chi connectivity index (χ1) is 11.9. The highest BCUT2D eigenvalue weighted by molar-refractivity contribution is 6.31. The number of aliphatic hydroxyl groups is 1. The van der Waals surface area contributed by atoms with Gasteiger partial charge in [-0.05, 0) is 18.2 Å². The van der Waals surface area contributed by atoms with Gasteiger partial charge < -0.3 is 15.6 Å². The highest BCUT2D eigenvalue weighted by Gasteiger charge is 2.14. The topological polar surface area (TPSA) is 111 Å². The molecule has 0 spiro atoms. The minimum atomic E-state index is -2.72. The minimum Gasteiger partial charge on any atom is -0.457 e. The van der Waals surface area contributed by atoms with Crippen LogP contribution in [0.3, 0.4) is 0 Å². The maximum atomic E-state index is 12.9. The highest BCUT2D eigenvalue weighted by Crippen LogP contribution is 2.30. The van der Waals surface area contributed by atoms with Crippen molar-refractivity contribution in [3.8, 4) is 6.01 Å². The molecule has 2 rings (SSSR count). The normalized spacial score (nSPS) is 11.7. The number of hydrogen-bond acceptors (Lipinski definition) is 7. The van der Waals surface area contributed by atoms with E-state index in [2.05, 4.69) is 9.97 Å². The van der Waals surface area contributed by atoms with Gasteiger partial charge in [-0.15, -0.1) is 0 Å². The van der Waals surface area contributed by atoms with E-state index in [1.165, 1.54) is 36.8 Å². The fourth-order valence-corrected chi connectivity index (χ4v) is 2.00. The maximum Gasteiger partial charge on any atom is 0.316 e. The van der Waals surface area contributed by atoms with Crippen molar-refractivity contribution in [1.29, 1.82) is 0 Å². The van der Waals surface area contributed by atoms with Crippen molar-refractivity contribution >= 4 is 17.3 Å². The Kier molecular flexibility index (Phi) is 6.45. The SMILES string of the molecule is N/C(=C\N(N)c1ccc(Cl)c(C(F)F)c1)COc1ncc(CO)cn1. The number of aromatic nitrogens is 2. The Morgan fingerprint density at radius 2 is 2.04 bits per heavy atom. The van der Waals surface area contributed by atoms with Gasteiger partial charge in [-0.2, -0.15) is 0 Å². The molecule has 0 saturated carbocycles. The van der Waals surface area contributed by atoms with Crippen molar-refractivity contribution in [3.05, 3.63) is 58.6 Å². The van der Waals surface area contributed by atoms with Crippen molar-refractivity contribution in [2.45, 2.75) is 13.0 Å². The predicted octanol–water partition coefficient (Wildman–Crippen LogP) is 2.12. The fourth-order valence-electron chi connectivity index (χ4n) is 1.80. The standard InChI is InChI=1S/C15H16ClF2N5O2/c16-13-2-1-11(3-12(13)14(17)18)23(20)6-10(19)8-25-15-21-4-9(7-24)5-22-15/h1-6,14,24H,7-8,19-20H2/b10-6-. The van der Waals surface area contributed by atoms with Crippen molar-refractivity contribution in [2.75, 3.05) is 11.6 Å². The number of benzene rings is 1. The van der Waals surface area contributed by atoms with Gasteiger partial charge in [-0.25, -0.2) is 24.6 Å². The molecule has 7 nitrogen and oxygen atoms in total. The lowest BCUT2D eigenvalue weighted by Crippen LogP contribution is -2.27. The number of nitrogens with two attached hydrogens (primary N) is 2. The number of aliphatic hydroxyl groups excluding tert-OH is 1. The second-order valence-corrected chi connectivity index (χ2v) is 5.35. The summed E-state index contributed by atoms with van der Waals surface area (Å²) in [5.41, 5.74) is 6.50. The van der Waals surface area contributed by atoms with E-state index in [9.17, 15) is 8.78 Å². The van der Waals surface area contributed by atoms with Crippen LogP contribution in [0.25, 0.3) is 0 Å². The molecule has 5 N–H and O–H groups in total. The number of alkyl halides is 2. The number of anilines is 1. The minimum absolute atomic E-state index is 0.0455. The van der Waals surface area contributed by atoms with E-state index in [1.54, 1.807) is 0 Å². The first-order valence-electron chi connectivity index (χ1n) is 7.03. The van der Waals surface area contributed by atoms with Crippen molar-refractivity contribution in [2.24, 2.45) is 11.6 Å². The van der Waals surface area contributed by atoms with Gasteiger partial charge >= 0.3 is 6.01 Å². The summed E-state index contributed by atoms with van der Waals surface area (Å²) in [4.78, 5) is 7.76. The average molecular weight is 372 g/mol. The number of hydrogen-bond donors (Lipinski definition) is 3. The van der Waals surface area contributed by atoms with Crippen LogP contribution in [0.4, 0.5) is 14.5 Å². The average Bonchev–Trinajstić information content (AvgIpc) is 2.60. The summed E-state index contributed by atoms with van der Waals surface area (Å²) >= 11 is 5.71. The highest BCUT2D eigenvalue weighted by atomic mass is 35.5. The van der Waals surface area contributed by atoms with Crippen LogP contribution in [0.2, 0.25) is 5.02 Å². The predicted molar refractivity (Wildman–Crippen MR) is 88.8 cm³/mol. The lowest BCUT2D eigenvalue weighted by Gasteiger charge is -2.17. The van der Waals surface area contributed by atoms with Gasteiger partial charge in [0.25, 0.3) is 6.43 Å². The molecular formula is C15H16ClF2N5O2. The molecule has 0 aliphatic carbocycles. The largest absolute Gasteiger partial charge is 0.457 e. The molecule has 1 aromatic heterocycles. The lowest BCUT2D eigenvalue weighted by molar-refractivity contribution is 0.151. The summed E-state index contributed by atoms with van der Waals surface area (Å²) in [6, 6.07) is 4.06. The number of rotatable bonds is 7. The molecule has 2 aromatic rings. The van der Waals surface area contributed by atoms with Crippen LogP contribution in [0.15, 0.2) is 42.5 Å². The molecule has 0 aliphatic heterocycles. The molecule has 134 valence electrons.